The molecule has 0 aromatic heterocycles. The van der Waals surface area contributed by atoms with Crippen molar-refractivity contribution in [2.45, 2.75) is 6.92 Å². The third kappa shape index (κ3) is 4.39. The molecule has 0 heterocycles. The first kappa shape index (κ1) is 5.39. The molecule has 0 aliphatic heterocycles. The second kappa shape index (κ2) is 2.62. The molecule has 0 saturated heterocycles. The molecule has 0 aliphatic carbocycles. The largest absolute Gasteiger partial charge is 0.310 e. The Labute approximate surface area is 34.4 Å². The standard InChI is InChI=1S/C3H10NP/c1-3-5(2)4/h3-4H2,1-2H3/t5-/m1/s1. The SMILES string of the molecule is CC[P@@](C)N. The van der Waals surface area contributed by atoms with Gasteiger partial charge in [-0.05, 0) is 20.9 Å². The Morgan fingerprint density at radius 1 is 1.80 bits per heavy atom. The molecule has 0 saturated carbocycles. The van der Waals surface area contributed by atoms with Crippen molar-refractivity contribution in [3.8, 4) is 0 Å². The number of hydrogen-bond acceptors (Lipinski definition) is 1. The number of hydrogen-bond donors (Lipinski definition) is 1. The first-order chi connectivity index (χ1) is 2.27. The van der Waals surface area contributed by atoms with Crippen LogP contribution in [-0.2, 0) is 0 Å². The molecule has 0 aromatic carbocycles. The van der Waals surface area contributed by atoms with Crippen molar-refractivity contribution in [1.82, 2.24) is 0 Å². The predicted octanol–water partition coefficient (Wildman–Crippen LogP) is 0.992. The summed E-state index contributed by atoms with van der Waals surface area (Å²) in [5, 5.41) is 0. The van der Waals surface area contributed by atoms with E-state index in [0.717, 1.165) is 6.16 Å². The molecule has 0 aromatic rings. The van der Waals surface area contributed by atoms with Crippen LogP contribution >= 0.6 is 8.07 Å². The van der Waals surface area contributed by atoms with E-state index in [0.29, 0.717) is 0 Å². The molecule has 0 unspecified atom stereocenters. The fraction of sp³-hybridized carbons (Fsp3) is 1.00. The quantitative estimate of drug-likeness (QED) is 0.478. The van der Waals surface area contributed by atoms with E-state index in [2.05, 4.69) is 13.6 Å². The van der Waals surface area contributed by atoms with Crippen LogP contribution in [0.3, 0.4) is 0 Å². The van der Waals surface area contributed by atoms with Crippen molar-refractivity contribution in [2.75, 3.05) is 12.8 Å². The number of nitrogens with two attached hydrogens (primary N) is 1. The topological polar surface area (TPSA) is 26.0 Å². The van der Waals surface area contributed by atoms with Crippen molar-refractivity contribution < 1.29 is 0 Å². The van der Waals surface area contributed by atoms with Gasteiger partial charge in [0, 0.05) is 0 Å². The van der Waals surface area contributed by atoms with Crippen molar-refractivity contribution in [3.05, 3.63) is 0 Å². The zero-order chi connectivity index (χ0) is 4.28. The van der Waals surface area contributed by atoms with Crippen molar-refractivity contribution in [3.63, 3.8) is 0 Å². The highest BCUT2D eigenvalue weighted by atomic mass is 31.1. The van der Waals surface area contributed by atoms with Gasteiger partial charge in [0.25, 0.3) is 0 Å². The minimum absolute atomic E-state index is 0.0983. The maximum absolute atomic E-state index is 5.36. The summed E-state index contributed by atoms with van der Waals surface area (Å²) >= 11 is 0. The summed E-state index contributed by atoms with van der Waals surface area (Å²) in [4.78, 5) is 0. The summed E-state index contributed by atoms with van der Waals surface area (Å²) in [6.45, 7) is 4.17. The van der Waals surface area contributed by atoms with E-state index in [-0.39, 0.29) is 8.07 Å². The molecule has 5 heavy (non-hydrogen) atoms. The molecule has 0 aliphatic rings. The maximum atomic E-state index is 5.36. The lowest BCUT2D eigenvalue weighted by Crippen LogP contribution is -1.84. The van der Waals surface area contributed by atoms with Crippen LogP contribution in [0.4, 0.5) is 0 Å². The Morgan fingerprint density at radius 2 is 2.00 bits per heavy atom. The average molecular weight is 91.1 g/mol. The van der Waals surface area contributed by atoms with Gasteiger partial charge in [-0.15, -0.1) is 0 Å². The molecular formula is C3H10NP. The van der Waals surface area contributed by atoms with Gasteiger partial charge in [-0.1, -0.05) is 6.92 Å². The lowest BCUT2D eigenvalue weighted by molar-refractivity contribution is 1.48. The highest BCUT2D eigenvalue weighted by Crippen LogP contribution is 2.15. The van der Waals surface area contributed by atoms with Gasteiger partial charge >= 0.3 is 0 Å². The number of rotatable bonds is 1. The minimum Gasteiger partial charge on any atom is -0.310 e. The first-order valence-corrected chi connectivity index (χ1v) is 3.77. The van der Waals surface area contributed by atoms with Crippen LogP contribution < -0.4 is 5.50 Å². The Morgan fingerprint density at radius 3 is 2.00 bits per heavy atom. The van der Waals surface area contributed by atoms with E-state index in [9.17, 15) is 0 Å². The minimum atomic E-state index is -0.0983. The molecule has 0 spiro atoms. The smallest absolute Gasteiger partial charge is 0.0228 e. The Kier molecular flexibility index (Phi) is 2.82. The van der Waals surface area contributed by atoms with Crippen LogP contribution in [-0.4, -0.2) is 12.8 Å². The third-order valence-corrected chi connectivity index (χ3v) is 1.50. The fourth-order valence-corrected chi connectivity index (χ4v) is 0. The molecule has 2 heteroatoms. The molecule has 1 atom stereocenters. The zero-order valence-electron chi connectivity index (χ0n) is 3.73. The highest BCUT2D eigenvalue weighted by Gasteiger charge is 1.78. The van der Waals surface area contributed by atoms with Gasteiger partial charge in [0.05, 0.1) is 0 Å². The molecule has 2 N–H and O–H groups in total. The molecule has 0 amide bonds. The summed E-state index contributed by atoms with van der Waals surface area (Å²) in [6, 6.07) is 0. The lowest BCUT2D eigenvalue weighted by Gasteiger charge is -1.92. The van der Waals surface area contributed by atoms with E-state index < -0.39 is 0 Å². The van der Waals surface area contributed by atoms with Crippen molar-refractivity contribution >= 4 is 8.07 Å². The van der Waals surface area contributed by atoms with Gasteiger partial charge in [-0.3, -0.25) is 0 Å². The van der Waals surface area contributed by atoms with E-state index in [1.54, 1.807) is 0 Å². The first-order valence-electron chi connectivity index (χ1n) is 1.73. The zero-order valence-corrected chi connectivity index (χ0v) is 4.63. The van der Waals surface area contributed by atoms with Crippen LogP contribution in [0.5, 0.6) is 0 Å². The fourth-order valence-electron chi connectivity index (χ4n) is 0. The summed E-state index contributed by atoms with van der Waals surface area (Å²) in [5.41, 5.74) is 5.36. The molecule has 0 rings (SSSR count). The Balaban J connectivity index is 2.54. The molecular weight excluding hydrogens is 81.0 g/mol. The summed E-state index contributed by atoms with van der Waals surface area (Å²) < 4.78 is 0. The van der Waals surface area contributed by atoms with Gasteiger partial charge in [0.15, 0.2) is 0 Å². The van der Waals surface area contributed by atoms with Gasteiger partial charge < -0.3 is 5.50 Å². The van der Waals surface area contributed by atoms with Gasteiger partial charge in [0.2, 0.25) is 0 Å². The van der Waals surface area contributed by atoms with E-state index in [1.165, 1.54) is 0 Å². The van der Waals surface area contributed by atoms with Crippen molar-refractivity contribution in [2.24, 2.45) is 5.50 Å². The molecule has 0 bridgehead atoms. The highest BCUT2D eigenvalue weighted by molar-refractivity contribution is 7.54. The van der Waals surface area contributed by atoms with Gasteiger partial charge in [0.1, 0.15) is 0 Å². The average Bonchev–Trinajstić information content (AvgIpc) is 1.38. The summed E-state index contributed by atoms with van der Waals surface area (Å²) in [5.74, 6) is 0. The maximum Gasteiger partial charge on any atom is -0.0228 e. The second-order valence-electron chi connectivity index (χ2n) is 1.07. The molecule has 32 valence electrons. The van der Waals surface area contributed by atoms with Crippen LogP contribution in [0, 0.1) is 0 Å². The monoisotopic (exact) mass is 91.1 g/mol. The van der Waals surface area contributed by atoms with E-state index in [4.69, 9.17) is 5.50 Å². The van der Waals surface area contributed by atoms with Gasteiger partial charge in [-0.25, -0.2) is 0 Å². The molecule has 0 radical (unpaired) electrons. The second-order valence-corrected chi connectivity index (χ2v) is 3.22. The van der Waals surface area contributed by atoms with E-state index >= 15 is 0 Å². The predicted molar refractivity (Wildman–Crippen MR) is 27.6 cm³/mol. The molecule has 1 nitrogen and oxygen atoms in total. The Hall–Kier alpha value is 0.390. The van der Waals surface area contributed by atoms with Crippen LogP contribution in [0.1, 0.15) is 6.92 Å². The lowest BCUT2D eigenvalue weighted by atomic mass is 11.0. The summed E-state index contributed by atoms with van der Waals surface area (Å²) in [6.07, 6.45) is 1.15. The Bertz CT molecular complexity index is 20.9. The van der Waals surface area contributed by atoms with Crippen LogP contribution in [0.15, 0.2) is 0 Å². The van der Waals surface area contributed by atoms with E-state index in [1.807, 2.05) is 0 Å². The third-order valence-electron chi connectivity index (χ3n) is 0.499. The summed E-state index contributed by atoms with van der Waals surface area (Å²) in [7, 11) is -0.0983. The van der Waals surface area contributed by atoms with Gasteiger partial charge in [-0.2, -0.15) is 0 Å². The van der Waals surface area contributed by atoms with Crippen molar-refractivity contribution in [1.29, 1.82) is 0 Å². The normalized spacial score (nSPS) is 15.0. The van der Waals surface area contributed by atoms with Crippen LogP contribution in [0.25, 0.3) is 0 Å². The van der Waals surface area contributed by atoms with Crippen LogP contribution in [0.2, 0.25) is 0 Å². The molecule has 0 fully saturated rings.